The van der Waals surface area contributed by atoms with E-state index < -0.39 is 12.1 Å². The molecular weight excluding hydrogens is 531 g/mol. The lowest BCUT2D eigenvalue weighted by Gasteiger charge is -2.24. The molecule has 38 heavy (non-hydrogen) atoms. The van der Waals surface area contributed by atoms with Crippen LogP contribution in [0.25, 0.3) is 0 Å². The maximum absolute atomic E-state index is 12.6. The number of fused-ring (bicyclic) bond motifs is 1. The number of alkyl halides is 3. The first-order valence-electron chi connectivity index (χ1n) is 12.7. The molecule has 3 heterocycles. The Hall–Kier alpha value is -2.30. The van der Waals surface area contributed by atoms with Crippen molar-refractivity contribution in [1.29, 1.82) is 0 Å². The van der Waals surface area contributed by atoms with E-state index in [4.69, 9.17) is 9.90 Å². The minimum atomic E-state index is -5.08. The number of rotatable bonds is 7. The Morgan fingerprint density at radius 2 is 1.55 bits per heavy atom. The summed E-state index contributed by atoms with van der Waals surface area (Å²) < 4.78 is 31.7. The summed E-state index contributed by atoms with van der Waals surface area (Å²) in [5.74, 6) is -1.91. The monoisotopic (exact) mass is 569 g/mol. The minimum absolute atomic E-state index is 0.0370. The zero-order valence-corrected chi connectivity index (χ0v) is 22.0. The van der Waals surface area contributed by atoms with E-state index in [9.17, 15) is 27.6 Å². The van der Waals surface area contributed by atoms with Crippen LogP contribution in [0.1, 0.15) is 25.7 Å². The first kappa shape index (κ1) is 31.9. The number of amides is 4. The first-order chi connectivity index (χ1) is 18.1. The van der Waals surface area contributed by atoms with E-state index in [1.54, 1.807) is 0 Å². The summed E-state index contributed by atoms with van der Waals surface area (Å²) in [5, 5.41) is 26.3. The standard InChI is InChI=1S/C20H37N7O3S.C2HF3O2/c28-17(4-2-1-3-16-19-15(14-31-16)25-20(30)26-19)24-13-18(29)27-11-9-22-7-5-21-6-8-23-10-12-27;3-2(4,5)1(6)7/h15-16,19,21-23H,1-14H2,(H,24,28)(H2,25,26,30);(H,6,7)/t15-,16-,19-;/m0./s1. The van der Waals surface area contributed by atoms with Crippen molar-refractivity contribution in [3.8, 4) is 0 Å². The molecule has 0 unspecified atom stereocenters. The van der Waals surface area contributed by atoms with E-state index in [0.29, 0.717) is 24.8 Å². The molecule has 3 aliphatic rings. The van der Waals surface area contributed by atoms with E-state index in [0.717, 1.165) is 64.3 Å². The Morgan fingerprint density at radius 3 is 2.13 bits per heavy atom. The van der Waals surface area contributed by atoms with Gasteiger partial charge in [0.25, 0.3) is 0 Å². The summed E-state index contributed by atoms with van der Waals surface area (Å²) in [6.07, 6.45) is -1.93. The predicted molar refractivity (Wildman–Crippen MR) is 136 cm³/mol. The number of aliphatic carboxylic acids is 1. The third kappa shape index (κ3) is 12.0. The van der Waals surface area contributed by atoms with Crippen LogP contribution < -0.4 is 31.9 Å². The molecule has 12 nitrogen and oxygen atoms in total. The molecule has 0 aliphatic carbocycles. The van der Waals surface area contributed by atoms with Gasteiger partial charge in [-0.2, -0.15) is 24.9 Å². The van der Waals surface area contributed by atoms with E-state index >= 15 is 0 Å². The van der Waals surface area contributed by atoms with Crippen LogP contribution in [0.5, 0.6) is 0 Å². The van der Waals surface area contributed by atoms with Gasteiger partial charge in [0.15, 0.2) is 0 Å². The molecule has 3 fully saturated rings. The third-order valence-electron chi connectivity index (χ3n) is 6.19. The molecule has 3 rings (SSSR count). The Morgan fingerprint density at radius 1 is 0.974 bits per heavy atom. The van der Waals surface area contributed by atoms with Gasteiger partial charge >= 0.3 is 18.2 Å². The molecule has 0 radical (unpaired) electrons. The van der Waals surface area contributed by atoms with Crippen LogP contribution in [0, 0.1) is 0 Å². The normalized spacial score (nSPS) is 24.4. The smallest absolute Gasteiger partial charge is 0.475 e. The second-order valence-electron chi connectivity index (χ2n) is 9.08. The molecule has 0 aromatic carbocycles. The average Bonchev–Trinajstić information content (AvgIpc) is 3.39. The lowest BCUT2D eigenvalue weighted by molar-refractivity contribution is -0.192. The van der Waals surface area contributed by atoms with Crippen LogP contribution >= 0.6 is 11.8 Å². The molecule has 0 aromatic rings. The third-order valence-corrected chi connectivity index (χ3v) is 7.70. The number of halogens is 3. The van der Waals surface area contributed by atoms with Crippen LogP contribution in [0.4, 0.5) is 18.0 Å². The summed E-state index contributed by atoms with van der Waals surface area (Å²) >= 11 is 1.89. The molecule has 0 bridgehead atoms. The van der Waals surface area contributed by atoms with E-state index in [1.165, 1.54) is 0 Å². The van der Waals surface area contributed by atoms with Crippen molar-refractivity contribution in [3.05, 3.63) is 0 Å². The van der Waals surface area contributed by atoms with Gasteiger partial charge in [0.05, 0.1) is 18.6 Å². The highest BCUT2D eigenvalue weighted by Gasteiger charge is 2.42. The minimum Gasteiger partial charge on any atom is -0.475 e. The number of nitrogens with one attached hydrogen (secondary N) is 6. The van der Waals surface area contributed by atoms with Gasteiger partial charge in [0.1, 0.15) is 0 Å². The molecule has 218 valence electrons. The number of carboxylic acids is 1. The molecule has 3 aliphatic heterocycles. The number of urea groups is 1. The summed E-state index contributed by atoms with van der Waals surface area (Å²) in [6, 6.07) is 0.388. The predicted octanol–water partition coefficient (Wildman–Crippen LogP) is -0.927. The van der Waals surface area contributed by atoms with Crippen molar-refractivity contribution in [2.75, 3.05) is 64.7 Å². The highest BCUT2D eigenvalue weighted by molar-refractivity contribution is 8.00. The highest BCUT2D eigenvalue weighted by Crippen LogP contribution is 2.33. The molecule has 4 amide bonds. The van der Waals surface area contributed by atoms with Gasteiger partial charge < -0.3 is 41.9 Å². The number of unbranched alkanes of at least 4 members (excludes halogenated alkanes) is 1. The topological polar surface area (TPSA) is 164 Å². The van der Waals surface area contributed by atoms with Crippen molar-refractivity contribution in [1.82, 2.24) is 36.8 Å². The maximum atomic E-state index is 12.6. The van der Waals surface area contributed by atoms with Gasteiger partial charge in [-0.1, -0.05) is 6.42 Å². The quantitative estimate of drug-likeness (QED) is 0.152. The molecule has 7 N–H and O–H groups in total. The average molecular weight is 570 g/mol. The van der Waals surface area contributed by atoms with Crippen molar-refractivity contribution in [2.45, 2.75) is 49.2 Å². The van der Waals surface area contributed by atoms with Crippen molar-refractivity contribution < 1.29 is 37.5 Å². The van der Waals surface area contributed by atoms with Crippen LogP contribution in [0.3, 0.4) is 0 Å². The second-order valence-corrected chi connectivity index (χ2v) is 10.4. The fourth-order valence-electron chi connectivity index (χ4n) is 4.17. The number of thioether (sulfide) groups is 1. The Balaban J connectivity index is 0.000000638. The number of carbonyl (C=O) groups is 4. The Bertz CT molecular complexity index is 781. The summed E-state index contributed by atoms with van der Waals surface area (Å²) in [6.45, 7) is 6.42. The zero-order valence-electron chi connectivity index (χ0n) is 21.2. The van der Waals surface area contributed by atoms with Crippen LogP contribution in [0.15, 0.2) is 0 Å². The fourth-order valence-corrected chi connectivity index (χ4v) is 5.71. The van der Waals surface area contributed by atoms with Crippen molar-refractivity contribution in [3.63, 3.8) is 0 Å². The van der Waals surface area contributed by atoms with Crippen LogP contribution in [0.2, 0.25) is 0 Å². The summed E-state index contributed by atoms with van der Waals surface area (Å²) in [7, 11) is 0. The number of carbonyl (C=O) groups excluding carboxylic acids is 3. The van der Waals surface area contributed by atoms with E-state index in [1.807, 2.05) is 16.7 Å². The molecule has 3 atom stereocenters. The van der Waals surface area contributed by atoms with Crippen molar-refractivity contribution >= 4 is 35.6 Å². The summed E-state index contributed by atoms with van der Waals surface area (Å²) in [5.41, 5.74) is 0. The van der Waals surface area contributed by atoms with Gasteiger partial charge in [-0.25, -0.2) is 9.59 Å². The Kier molecular flexibility index (Phi) is 14.0. The second kappa shape index (κ2) is 16.6. The number of carboxylic acid groups (broad SMARTS) is 1. The Labute approximate surface area is 224 Å². The molecule has 3 saturated heterocycles. The molecule has 0 aromatic heterocycles. The largest absolute Gasteiger partial charge is 0.490 e. The fraction of sp³-hybridized carbons (Fsp3) is 0.818. The van der Waals surface area contributed by atoms with Gasteiger partial charge in [-0.05, 0) is 12.8 Å². The molecular formula is C22H38F3N7O5S. The van der Waals surface area contributed by atoms with Crippen LogP contribution in [-0.4, -0.2) is 122 Å². The first-order valence-corrected chi connectivity index (χ1v) is 13.8. The van der Waals surface area contributed by atoms with Gasteiger partial charge in [0, 0.05) is 69.8 Å². The van der Waals surface area contributed by atoms with E-state index in [-0.39, 0.29) is 36.5 Å². The number of hydrogen-bond acceptors (Lipinski definition) is 8. The maximum Gasteiger partial charge on any atom is 0.490 e. The zero-order chi connectivity index (χ0) is 28.0. The molecule has 0 spiro atoms. The lowest BCUT2D eigenvalue weighted by atomic mass is 10.0. The highest BCUT2D eigenvalue weighted by atomic mass is 32.2. The van der Waals surface area contributed by atoms with Gasteiger partial charge in [0.2, 0.25) is 11.8 Å². The number of hydrogen-bond donors (Lipinski definition) is 7. The SMILES string of the molecule is O=C(CCCC[C@@H]1SC[C@@H]2NC(=O)N[C@@H]21)NCC(=O)N1CCNCCNCCNCC1.O=C(O)C(F)(F)F. The van der Waals surface area contributed by atoms with Gasteiger partial charge in [-0.15, -0.1) is 0 Å². The summed E-state index contributed by atoms with van der Waals surface area (Å²) in [4.78, 5) is 46.9. The molecule has 0 saturated carbocycles. The van der Waals surface area contributed by atoms with Gasteiger partial charge in [-0.3, -0.25) is 9.59 Å². The van der Waals surface area contributed by atoms with Crippen LogP contribution in [-0.2, 0) is 14.4 Å². The lowest BCUT2D eigenvalue weighted by Crippen LogP contribution is -2.47. The molecule has 16 heteroatoms. The van der Waals surface area contributed by atoms with Crippen molar-refractivity contribution in [2.24, 2.45) is 0 Å². The number of nitrogens with zero attached hydrogens (tertiary/aromatic N) is 1. The van der Waals surface area contributed by atoms with E-state index in [2.05, 4.69) is 31.9 Å².